The van der Waals surface area contributed by atoms with Gasteiger partial charge in [-0.15, -0.1) is 11.8 Å². The van der Waals surface area contributed by atoms with E-state index in [9.17, 15) is 9.59 Å². The maximum Gasteiger partial charge on any atom is 0.272 e. The highest BCUT2D eigenvalue weighted by atomic mass is 32.2. The third-order valence-corrected chi connectivity index (χ3v) is 4.93. The summed E-state index contributed by atoms with van der Waals surface area (Å²) in [7, 11) is 0. The highest BCUT2D eigenvalue weighted by Crippen LogP contribution is 2.14. The maximum atomic E-state index is 12.4. The van der Waals surface area contributed by atoms with Gasteiger partial charge in [-0.25, -0.2) is 0 Å². The Labute approximate surface area is 134 Å². The number of aromatic nitrogens is 1. The summed E-state index contributed by atoms with van der Waals surface area (Å²) in [5.41, 5.74) is 0.469. The molecule has 2 amide bonds. The van der Waals surface area contributed by atoms with Crippen LogP contribution in [0.1, 0.15) is 16.9 Å². The molecule has 1 N–H and O–H groups in total. The van der Waals surface area contributed by atoms with Crippen molar-refractivity contribution in [2.75, 3.05) is 37.8 Å². The summed E-state index contributed by atoms with van der Waals surface area (Å²) in [6, 6.07) is 5.28. The largest absolute Gasteiger partial charge is 0.339 e. The molecule has 0 spiro atoms. The van der Waals surface area contributed by atoms with Crippen molar-refractivity contribution in [3.8, 4) is 0 Å². The molecule has 1 aromatic rings. The summed E-state index contributed by atoms with van der Waals surface area (Å²) >= 11 is 1.75. The lowest BCUT2D eigenvalue weighted by atomic mass is 10.2. The van der Waals surface area contributed by atoms with E-state index in [2.05, 4.69) is 10.3 Å². The van der Waals surface area contributed by atoms with Crippen molar-refractivity contribution in [3.05, 3.63) is 30.1 Å². The number of carbonyl (C=O) groups excluding carboxylic acids is 2. The fourth-order valence-corrected chi connectivity index (χ4v) is 3.70. The Kier molecular flexibility index (Phi) is 4.94. The molecule has 2 fully saturated rings. The first kappa shape index (κ1) is 15.3. The van der Waals surface area contributed by atoms with Gasteiger partial charge in [-0.05, 0) is 18.6 Å². The molecule has 22 heavy (non-hydrogen) atoms. The number of thioether (sulfide) groups is 1. The van der Waals surface area contributed by atoms with E-state index in [-0.39, 0.29) is 17.9 Å². The molecule has 3 rings (SSSR count). The van der Waals surface area contributed by atoms with Gasteiger partial charge in [0.15, 0.2) is 0 Å². The Morgan fingerprint density at radius 3 is 2.73 bits per heavy atom. The van der Waals surface area contributed by atoms with E-state index in [1.807, 2.05) is 11.0 Å². The summed E-state index contributed by atoms with van der Waals surface area (Å²) in [4.78, 5) is 32.7. The first-order valence-electron chi connectivity index (χ1n) is 7.56. The predicted molar refractivity (Wildman–Crippen MR) is 85.6 cm³/mol. The molecule has 2 saturated heterocycles. The maximum absolute atomic E-state index is 12.4. The van der Waals surface area contributed by atoms with Crippen LogP contribution in [0.5, 0.6) is 0 Å². The topological polar surface area (TPSA) is 65.5 Å². The van der Waals surface area contributed by atoms with Gasteiger partial charge in [0.25, 0.3) is 5.91 Å². The van der Waals surface area contributed by atoms with E-state index in [1.54, 1.807) is 35.0 Å². The second-order valence-electron chi connectivity index (χ2n) is 5.46. The van der Waals surface area contributed by atoms with Crippen molar-refractivity contribution in [3.63, 3.8) is 0 Å². The molecule has 7 heteroatoms. The molecule has 0 aliphatic carbocycles. The number of nitrogens with one attached hydrogen (secondary N) is 1. The molecular formula is C15H20N4O2S. The van der Waals surface area contributed by atoms with Gasteiger partial charge in [-0.2, -0.15) is 0 Å². The van der Waals surface area contributed by atoms with Crippen LogP contribution in [0.4, 0.5) is 0 Å². The van der Waals surface area contributed by atoms with Crippen LogP contribution in [-0.2, 0) is 4.79 Å². The smallest absolute Gasteiger partial charge is 0.272 e. The van der Waals surface area contributed by atoms with Crippen molar-refractivity contribution < 1.29 is 9.59 Å². The number of rotatable bonds is 2. The molecule has 1 unspecified atom stereocenters. The van der Waals surface area contributed by atoms with Crippen LogP contribution in [0.25, 0.3) is 0 Å². The van der Waals surface area contributed by atoms with Crippen LogP contribution in [0.15, 0.2) is 24.4 Å². The van der Waals surface area contributed by atoms with Gasteiger partial charge in [0, 0.05) is 44.0 Å². The molecule has 0 radical (unpaired) electrons. The van der Waals surface area contributed by atoms with E-state index in [0.717, 1.165) is 18.1 Å². The highest BCUT2D eigenvalue weighted by Gasteiger charge is 2.29. The Morgan fingerprint density at radius 1 is 1.18 bits per heavy atom. The Balaban J connectivity index is 1.60. The van der Waals surface area contributed by atoms with E-state index in [4.69, 9.17) is 0 Å². The first-order valence-corrected chi connectivity index (χ1v) is 8.71. The lowest BCUT2D eigenvalue weighted by Gasteiger charge is -2.24. The molecule has 6 nitrogen and oxygen atoms in total. The van der Waals surface area contributed by atoms with Crippen LogP contribution in [0.2, 0.25) is 0 Å². The molecule has 0 saturated carbocycles. The third kappa shape index (κ3) is 3.41. The van der Waals surface area contributed by atoms with Crippen molar-refractivity contribution in [2.45, 2.75) is 12.5 Å². The summed E-state index contributed by atoms with van der Waals surface area (Å²) in [5, 5.41) is 3.22. The fourth-order valence-electron chi connectivity index (χ4n) is 2.77. The van der Waals surface area contributed by atoms with Crippen molar-refractivity contribution in [1.29, 1.82) is 0 Å². The zero-order valence-corrected chi connectivity index (χ0v) is 13.2. The van der Waals surface area contributed by atoms with Gasteiger partial charge < -0.3 is 9.80 Å². The minimum absolute atomic E-state index is 0.0514. The second kappa shape index (κ2) is 7.11. The van der Waals surface area contributed by atoms with Crippen molar-refractivity contribution >= 4 is 23.6 Å². The number of hydrogen-bond donors (Lipinski definition) is 1. The van der Waals surface area contributed by atoms with Crippen molar-refractivity contribution in [1.82, 2.24) is 20.1 Å². The molecule has 1 atom stereocenters. The molecular weight excluding hydrogens is 300 g/mol. The Hall–Kier alpha value is -1.60. The van der Waals surface area contributed by atoms with E-state index < -0.39 is 0 Å². The van der Waals surface area contributed by atoms with Crippen LogP contribution < -0.4 is 5.32 Å². The van der Waals surface area contributed by atoms with Gasteiger partial charge in [-0.3, -0.25) is 19.9 Å². The van der Waals surface area contributed by atoms with Crippen molar-refractivity contribution in [2.24, 2.45) is 0 Å². The van der Waals surface area contributed by atoms with Crippen LogP contribution in [-0.4, -0.2) is 70.4 Å². The summed E-state index contributed by atoms with van der Waals surface area (Å²) in [6.45, 7) is 2.56. The van der Waals surface area contributed by atoms with Gasteiger partial charge in [0.2, 0.25) is 5.91 Å². The van der Waals surface area contributed by atoms with Crippen LogP contribution >= 0.6 is 11.8 Å². The lowest BCUT2D eigenvalue weighted by molar-refractivity contribution is -0.132. The first-order chi connectivity index (χ1) is 10.8. The summed E-state index contributed by atoms with van der Waals surface area (Å²) in [5.74, 6) is 1.79. The average Bonchev–Trinajstić information content (AvgIpc) is 2.99. The molecule has 3 heterocycles. The lowest BCUT2D eigenvalue weighted by Crippen LogP contribution is -2.46. The number of amides is 2. The Morgan fingerprint density at radius 2 is 2.00 bits per heavy atom. The van der Waals surface area contributed by atoms with Crippen LogP contribution in [0.3, 0.4) is 0 Å². The summed E-state index contributed by atoms with van der Waals surface area (Å²) in [6.07, 6.45) is 2.44. The fraction of sp³-hybridized carbons (Fsp3) is 0.533. The molecule has 2 aliphatic rings. The van der Waals surface area contributed by atoms with Gasteiger partial charge >= 0.3 is 0 Å². The third-order valence-electron chi connectivity index (χ3n) is 3.99. The van der Waals surface area contributed by atoms with E-state index in [1.165, 1.54) is 0 Å². The molecule has 118 valence electrons. The standard InChI is InChI=1S/C15H20N4O2S/c20-14(12-4-1-2-5-16-12)18-6-3-7-19(9-8-18)15(21)13-10-22-11-17-13/h1-2,4-5,13,17H,3,6-11H2. The molecule has 2 aliphatic heterocycles. The SMILES string of the molecule is O=C(c1ccccn1)N1CCCN(C(=O)C2CSCN2)CC1. The average molecular weight is 320 g/mol. The zero-order valence-electron chi connectivity index (χ0n) is 12.4. The zero-order chi connectivity index (χ0) is 15.4. The number of hydrogen-bond acceptors (Lipinski definition) is 5. The quantitative estimate of drug-likeness (QED) is 0.855. The summed E-state index contributed by atoms with van der Waals surface area (Å²) < 4.78 is 0. The number of pyridine rings is 1. The highest BCUT2D eigenvalue weighted by molar-refractivity contribution is 7.99. The number of carbonyl (C=O) groups is 2. The number of nitrogens with zero attached hydrogens (tertiary/aromatic N) is 3. The normalized spacial score (nSPS) is 22.5. The van der Waals surface area contributed by atoms with Gasteiger partial charge in [0.05, 0.1) is 6.04 Å². The van der Waals surface area contributed by atoms with Gasteiger partial charge in [0.1, 0.15) is 5.69 Å². The monoisotopic (exact) mass is 320 g/mol. The predicted octanol–water partition coefficient (Wildman–Crippen LogP) is 0.419. The Bertz CT molecular complexity index is 534. The van der Waals surface area contributed by atoms with Crippen LogP contribution in [0, 0.1) is 0 Å². The van der Waals surface area contributed by atoms with E-state index >= 15 is 0 Å². The molecule has 1 aromatic heterocycles. The minimum Gasteiger partial charge on any atom is -0.339 e. The molecule has 0 aromatic carbocycles. The van der Waals surface area contributed by atoms with E-state index in [0.29, 0.717) is 31.9 Å². The molecule has 0 bridgehead atoms. The van der Waals surface area contributed by atoms with Gasteiger partial charge in [-0.1, -0.05) is 6.07 Å². The minimum atomic E-state index is -0.0666. The second-order valence-corrected chi connectivity index (χ2v) is 6.49.